The Bertz CT molecular complexity index is 3920. The van der Waals surface area contributed by atoms with Crippen molar-refractivity contribution in [1.29, 1.82) is 0 Å². The summed E-state index contributed by atoms with van der Waals surface area (Å²) in [5.41, 5.74) is 18.4. The fourth-order valence-corrected chi connectivity index (χ4v) is 14.5. The van der Waals surface area contributed by atoms with Gasteiger partial charge in [-0.25, -0.2) is 0 Å². The number of aryl methyl sites for hydroxylation is 2. The molecule has 4 aromatic heterocycles. The molecular weight excluding hydrogens is 861 g/mol. The van der Waals surface area contributed by atoms with Gasteiger partial charge < -0.3 is 9.13 Å². The highest BCUT2D eigenvalue weighted by molar-refractivity contribution is 7.27. The molecule has 13 aromatic rings. The molecule has 2 nitrogen and oxygen atoms in total. The van der Waals surface area contributed by atoms with Gasteiger partial charge in [0, 0.05) is 78.6 Å². The summed E-state index contributed by atoms with van der Waals surface area (Å²) in [6.45, 7) is 14.4. The highest BCUT2D eigenvalue weighted by Gasteiger charge is 2.34. The van der Waals surface area contributed by atoms with E-state index in [1.165, 1.54) is 140 Å². The maximum absolute atomic E-state index is 2.70. The van der Waals surface area contributed by atoms with E-state index in [1.54, 1.807) is 0 Å². The number of fused-ring (bicyclic) bond motifs is 14. The van der Waals surface area contributed by atoms with E-state index in [1.807, 2.05) is 22.7 Å². The maximum Gasteiger partial charge on any atom is 0.0599 e. The van der Waals surface area contributed by atoms with Crippen LogP contribution in [0.4, 0.5) is 0 Å². The molecule has 330 valence electrons. The van der Waals surface area contributed by atoms with E-state index < -0.39 is 0 Å². The van der Waals surface area contributed by atoms with Gasteiger partial charge in [0.25, 0.3) is 0 Å². The summed E-state index contributed by atoms with van der Waals surface area (Å²) >= 11 is 3.87. The van der Waals surface area contributed by atoms with Gasteiger partial charge in [0.15, 0.2) is 0 Å². The summed E-state index contributed by atoms with van der Waals surface area (Å²) in [6.07, 6.45) is 1.86. The maximum atomic E-state index is 2.70. The normalized spacial score (nSPS) is 12.4. The first-order valence-corrected chi connectivity index (χ1v) is 26.1. The minimum Gasteiger partial charge on any atom is -0.308 e. The Hall–Kier alpha value is -6.98. The Kier molecular flexibility index (Phi) is 9.58. The molecule has 0 atom stereocenters. The second kappa shape index (κ2) is 15.8. The molecule has 0 unspecified atom stereocenters. The van der Waals surface area contributed by atoms with Crippen molar-refractivity contribution >= 4 is 107 Å². The van der Waals surface area contributed by atoms with Gasteiger partial charge in [0.1, 0.15) is 0 Å². The van der Waals surface area contributed by atoms with Crippen molar-refractivity contribution in [1.82, 2.24) is 9.13 Å². The van der Waals surface area contributed by atoms with E-state index in [9.17, 15) is 0 Å². The zero-order valence-electron chi connectivity index (χ0n) is 39.4. The summed E-state index contributed by atoms with van der Waals surface area (Å²) in [5.74, 6) is 0.285. The molecular formula is C64H52N2S2. The van der Waals surface area contributed by atoms with Crippen LogP contribution in [-0.4, -0.2) is 9.13 Å². The van der Waals surface area contributed by atoms with Gasteiger partial charge in [0.05, 0.1) is 33.4 Å². The molecule has 68 heavy (non-hydrogen) atoms. The monoisotopic (exact) mass is 912 g/mol. The van der Waals surface area contributed by atoms with Crippen molar-refractivity contribution in [2.45, 2.75) is 66.2 Å². The quantitative estimate of drug-likeness (QED) is 0.144. The molecule has 0 amide bonds. The van der Waals surface area contributed by atoms with Gasteiger partial charge in [-0.15, -0.1) is 22.7 Å². The Morgan fingerprint density at radius 3 is 1.18 bits per heavy atom. The van der Waals surface area contributed by atoms with Crippen LogP contribution in [-0.2, 0) is 12.8 Å². The van der Waals surface area contributed by atoms with Gasteiger partial charge in [0.2, 0.25) is 0 Å². The number of benzene rings is 9. The summed E-state index contributed by atoms with van der Waals surface area (Å²) in [6, 6.07) is 64.5. The SMILES string of the molecule is CCc1ccccc1-c1c(C(C)C)c(-c2ccccc2CC)c(-n2c3ccccc3c3c4sc5ccccc5c4ccc32)c(C(C)C)c1-n1c2ccccc2c2c3sc4ccccc4c3ccc21. The van der Waals surface area contributed by atoms with E-state index in [4.69, 9.17) is 0 Å². The minimum atomic E-state index is 0.120. The fraction of sp³-hybridized carbons (Fsp3) is 0.156. The lowest BCUT2D eigenvalue weighted by atomic mass is 9.77. The van der Waals surface area contributed by atoms with E-state index in [-0.39, 0.29) is 11.8 Å². The number of hydrogen-bond donors (Lipinski definition) is 0. The predicted molar refractivity (Wildman–Crippen MR) is 299 cm³/mol. The number of hydrogen-bond acceptors (Lipinski definition) is 2. The molecule has 0 spiro atoms. The summed E-state index contributed by atoms with van der Waals surface area (Å²) in [7, 11) is 0. The molecule has 4 heteroatoms. The standard InChI is InChI=1S/C64H52N2S2/c1-7-39-21-9-11-23-41(39)59-55(37(3)4)60(42-24-12-10-22-40(42)8-2)62(66-50-30-18-14-28-48(50)58-52(66)36-34-46-44-26-16-20-32-54(44)68-64(46)58)56(38(5)6)61(59)65-49-29-17-13-27-47(49)57-51(65)35-33-45-43-25-15-19-31-53(43)67-63(45)57/h9-38H,7-8H2,1-6H3. The summed E-state index contributed by atoms with van der Waals surface area (Å²) in [5, 5.41) is 10.6. The predicted octanol–water partition coefficient (Wildman–Crippen LogP) is 19.3. The van der Waals surface area contributed by atoms with Crippen molar-refractivity contribution in [3.63, 3.8) is 0 Å². The van der Waals surface area contributed by atoms with Crippen molar-refractivity contribution in [2.24, 2.45) is 0 Å². The zero-order chi connectivity index (χ0) is 45.9. The first kappa shape index (κ1) is 41.2. The topological polar surface area (TPSA) is 9.86 Å². The molecule has 0 saturated heterocycles. The van der Waals surface area contributed by atoms with Crippen LogP contribution >= 0.6 is 22.7 Å². The van der Waals surface area contributed by atoms with Gasteiger partial charge in [-0.1, -0.05) is 175 Å². The van der Waals surface area contributed by atoms with E-state index in [0.717, 1.165) is 12.8 Å². The molecule has 0 N–H and O–H groups in total. The highest BCUT2D eigenvalue weighted by atomic mass is 32.1. The fourth-order valence-electron chi connectivity index (χ4n) is 12.0. The number of para-hydroxylation sites is 2. The van der Waals surface area contributed by atoms with Gasteiger partial charge in [-0.05, 0) is 88.9 Å². The largest absolute Gasteiger partial charge is 0.308 e. The molecule has 13 rings (SSSR count). The van der Waals surface area contributed by atoms with Crippen molar-refractivity contribution < 1.29 is 0 Å². The Balaban J connectivity index is 1.33. The van der Waals surface area contributed by atoms with E-state index in [0.29, 0.717) is 0 Å². The molecule has 0 aliphatic rings. The van der Waals surface area contributed by atoms with Crippen molar-refractivity contribution in [2.75, 3.05) is 0 Å². The first-order valence-electron chi connectivity index (χ1n) is 24.5. The Morgan fingerprint density at radius 2 is 0.750 bits per heavy atom. The lowest BCUT2D eigenvalue weighted by Crippen LogP contribution is -2.16. The Morgan fingerprint density at radius 1 is 0.368 bits per heavy atom. The lowest BCUT2D eigenvalue weighted by molar-refractivity contribution is 0.826. The third-order valence-corrected chi connectivity index (χ3v) is 17.2. The zero-order valence-corrected chi connectivity index (χ0v) is 41.1. The molecule has 9 aromatic carbocycles. The van der Waals surface area contributed by atoms with Crippen LogP contribution < -0.4 is 0 Å². The summed E-state index contributed by atoms with van der Waals surface area (Å²) in [4.78, 5) is 0. The molecule has 0 bridgehead atoms. The molecule has 0 aliphatic carbocycles. The van der Waals surface area contributed by atoms with Gasteiger partial charge >= 0.3 is 0 Å². The molecule has 0 aliphatic heterocycles. The highest BCUT2D eigenvalue weighted by Crippen LogP contribution is 2.55. The molecule has 4 heterocycles. The van der Waals surface area contributed by atoms with Crippen LogP contribution in [0.5, 0.6) is 0 Å². The number of aromatic nitrogens is 2. The molecule has 0 radical (unpaired) electrons. The summed E-state index contributed by atoms with van der Waals surface area (Å²) < 4.78 is 10.8. The van der Waals surface area contributed by atoms with Crippen LogP contribution in [0.3, 0.4) is 0 Å². The van der Waals surface area contributed by atoms with Crippen LogP contribution in [0.15, 0.2) is 170 Å². The molecule has 0 saturated carbocycles. The van der Waals surface area contributed by atoms with Crippen molar-refractivity contribution in [3.8, 4) is 33.6 Å². The second-order valence-corrected chi connectivity index (χ2v) is 21.3. The number of thiophene rings is 2. The average Bonchev–Trinajstić information content (AvgIpc) is 4.13. The van der Waals surface area contributed by atoms with Crippen LogP contribution in [0, 0.1) is 0 Å². The second-order valence-electron chi connectivity index (χ2n) is 19.2. The number of nitrogens with zero attached hydrogens (tertiary/aromatic N) is 2. The first-order chi connectivity index (χ1) is 33.4. The van der Waals surface area contributed by atoms with Crippen LogP contribution in [0.25, 0.3) is 118 Å². The minimum absolute atomic E-state index is 0.120. The smallest absolute Gasteiger partial charge is 0.0599 e. The molecule has 0 fully saturated rings. The van der Waals surface area contributed by atoms with E-state index in [2.05, 4.69) is 221 Å². The van der Waals surface area contributed by atoms with Crippen LogP contribution in [0.2, 0.25) is 0 Å². The Labute approximate surface area is 405 Å². The van der Waals surface area contributed by atoms with E-state index >= 15 is 0 Å². The van der Waals surface area contributed by atoms with Crippen molar-refractivity contribution in [3.05, 3.63) is 192 Å². The number of rotatable bonds is 8. The van der Waals surface area contributed by atoms with Gasteiger partial charge in [-0.2, -0.15) is 0 Å². The average molecular weight is 913 g/mol. The third-order valence-electron chi connectivity index (χ3n) is 14.8. The van der Waals surface area contributed by atoms with Crippen LogP contribution in [0.1, 0.15) is 75.6 Å². The lowest BCUT2D eigenvalue weighted by Gasteiger charge is -2.33. The van der Waals surface area contributed by atoms with Gasteiger partial charge in [-0.3, -0.25) is 0 Å². The third kappa shape index (κ3) is 5.80.